The fraction of sp³-hybridized carbons (Fsp3) is 0.176. The zero-order valence-corrected chi connectivity index (χ0v) is 13.3. The van der Waals surface area contributed by atoms with Gasteiger partial charge in [-0.15, -0.1) is 0 Å². The highest BCUT2D eigenvalue weighted by atomic mass is 35.5. The number of rotatable bonds is 5. The molecule has 2 amide bonds. The van der Waals surface area contributed by atoms with Crippen molar-refractivity contribution in [1.82, 2.24) is 10.6 Å². The molecule has 0 heterocycles. The lowest BCUT2D eigenvalue weighted by atomic mass is 10.1. The Morgan fingerprint density at radius 1 is 1.09 bits per heavy atom. The maximum absolute atomic E-state index is 13.6. The minimum Gasteiger partial charge on any atom is -0.350 e. The first-order valence-corrected chi connectivity index (χ1v) is 7.39. The minimum absolute atomic E-state index is 0.00237. The third-order valence-corrected chi connectivity index (χ3v) is 3.52. The number of carbonyl (C=O) groups excluding carboxylic acids is 2. The first kappa shape index (κ1) is 17.0. The predicted molar refractivity (Wildman–Crippen MR) is 86.8 cm³/mol. The maximum atomic E-state index is 13.6. The van der Waals surface area contributed by atoms with Crippen LogP contribution in [0.3, 0.4) is 0 Å². The van der Waals surface area contributed by atoms with Crippen LogP contribution in [0.1, 0.15) is 21.5 Å². The number of aryl methyl sites for hydroxylation is 1. The lowest BCUT2D eigenvalue weighted by molar-refractivity contribution is -0.120. The fourth-order valence-corrected chi connectivity index (χ4v) is 2.18. The first-order valence-electron chi connectivity index (χ1n) is 7.02. The molecule has 0 saturated heterocycles. The van der Waals surface area contributed by atoms with Crippen LogP contribution in [0.25, 0.3) is 0 Å². The average molecular weight is 335 g/mol. The van der Waals surface area contributed by atoms with Crippen LogP contribution in [0.15, 0.2) is 42.5 Å². The summed E-state index contributed by atoms with van der Waals surface area (Å²) >= 11 is 5.79. The van der Waals surface area contributed by atoms with Gasteiger partial charge in [-0.1, -0.05) is 47.5 Å². The number of amides is 2. The van der Waals surface area contributed by atoms with E-state index in [2.05, 4.69) is 10.6 Å². The molecule has 2 aromatic carbocycles. The molecule has 0 aromatic heterocycles. The zero-order valence-electron chi connectivity index (χ0n) is 12.5. The van der Waals surface area contributed by atoms with Crippen molar-refractivity contribution in [3.63, 3.8) is 0 Å². The van der Waals surface area contributed by atoms with Crippen LogP contribution >= 0.6 is 11.6 Å². The smallest absolute Gasteiger partial charge is 0.256 e. The highest BCUT2D eigenvalue weighted by Crippen LogP contribution is 2.18. The molecule has 0 fully saturated rings. The van der Waals surface area contributed by atoms with E-state index in [1.807, 2.05) is 31.2 Å². The Kier molecular flexibility index (Phi) is 5.71. The highest BCUT2D eigenvalue weighted by molar-refractivity contribution is 6.33. The summed E-state index contributed by atoms with van der Waals surface area (Å²) in [5.74, 6) is -1.82. The number of carbonyl (C=O) groups is 2. The predicted octanol–water partition coefficient (Wildman–Crippen LogP) is 2.83. The molecule has 120 valence electrons. The lowest BCUT2D eigenvalue weighted by Gasteiger charge is -2.09. The molecular weight excluding hydrogens is 319 g/mol. The van der Waals surface area contributed by atoms with Crippen molar-refractivity contribution < 1.29 is 14.0 Å². The molecule has 0 aliphatic rings. The third kappa shape index (κ3) is 4.79. The Balaban J connectivity index is 1.84. The molecule has 2 aromatic rings. The standard InChI is InChI=1S/C17H16ClFN2O2/c1-11-5-7-12(8-6-11)9-20-15(22)10-21-17(23)16-13(18)3-2-4-14(16)19/h2-8H,9-10H2,1H3,(H,20,22)(H,21,23). The monoisotopic (exact) mass is 334 g/mol. The van der Waals surface area contributed by atoms with E-state index >= 15 is 0 Å². The molecule has 0 saturated carbocycles. The Bertz CT molecular complexity index is 697. The third-order valence-electron chi connectivity index (χ3n) is 3.21. The van der Waals surface area contributed by atoms with Crippen molar-refractivity contribution in [2.45, 2.75) is 13.5 Å². The topological polar surface area (TPSA) is 58.2 Å². The minimum atomic E-state index is -0.727. The van der Waals surface area contributed by atoms with Gasteiger partial charge in [0, 0.05) is 6.54 Å². The maximum Gasteiger partial charge on any atom is 0.256 e. The summed E-state index contributed by atoms with van der Waals surface area (Å²) in [6, 6.07) is 11.7. The van der Waals surface area contributed by atoms with Crippen molar-refractivity contribution in [2.24, 2.45) is 0 Å². The van der Waals surface area contributed by atoms with E-state index in [9.17, 15) is 14.0 Å². The summed E-state index contributed by atoms with van der Waals surface area (Å²) in [7, 11) is 0. The van der Waals surface area contributed by atoms with Gasteiger partial charge in [0.25, 0.3) is 5.91 Å². The number of halogens is 2. The number of hydrogen-bond donors (Lipinski definition) is 2. The molecular formula is C17H16ClFN2O2. The summed E-state index contributed by atoms with van der Waals surface area (Å²) < 4.78 is 13.6. The summed E-state index contributed by atoms with van der Waals surface area (Å²) in [5.41, 5.74) is 1.82. The van der Waals surface area contributed by atoms with Crippen LogP contribution in [-0.2, 0) is 11.3 Å². The summed E-state index contributed by atoms with van der Waals surface area (Å²) in [6.07, 6.45) is 0. The van der Waals surface area contributed by atoms with Gasteiger partial charge in [-0.05, 0) is 24.6 Å². The van der Waals surface area contributed by atoms with Crippen molar-refractivity contribution in [1.29, 1.82) is 0 Å². The van der Waals surface area contributed by atoms with Gasteiger partial charge in [0.2, 0.25) is 5.91 Å². The van der Waals surface area contributed by atoms with Gasteiger partial charge in [0.15, 0.2) is 0 Å². The first-order chi connectivity index (χ1) is 11.0. The van der Waals surface area contributed by atoms with Crippen molar-refractivity contribution in [2.75, 3.05) is 6.54 Å². The fourth-order valence-electron chi connectivity index (χ4n) is 1.93. The quantitative estimate of drug-likeness (QED) is 0.883. The molecule has 23 heavy (non-hydrogen) atoms. The Morgan fingerprint density at radius 3 is 2.43 bits per heavy atom. The molecule has 0 spiro atoms. The SMILES string of the molecule is Cc1ccc(CNC(=O)CNC(=O)c2c(F)cccc2Cl)cc1. The van der Waals surface area contributed by atoms with Crippen molar-refractivity contribution >= 4 is 23.4 Å². The van der Waals surface area contributed by atoms with E-state index in [-0.39, 0.29) is 23.0 Å². The van der Waals surface area contributed by atoms with Crippen LogP contribution in [0.4, 0.5) is 4.39 Å². The molecule has 0 aliphatic heterocycles. The molecule has 0 unspecified atom stereocenters. The largest absolute Gasteiger partial charge is 0.350 e. The zero-order chi connectivity index (χ0) is 16.8. The molecule has 6 heteroatoms. The van der Waals surface area contributed by atoms with Gasteiger partial charge < -0.3 is 10.6 Å². The highest BCUT2D eigenvalue weighted by Gasteiger charge is 2.16. The molecule has 0 radical (unpaired) electrons. The second kappa shape index (κ2) is 7.74. The van der Waals surface area contributed by atoms with Gasteiger partial charge in [0.1, 0.15) is 5.82 Å². The van der Waals surface area contributed by atoms with E-state index in [4.69, 9.17) is 11.6 Å². The van der Waals surface area contributed by atoms with Gasteiger partial charge in [-0.3, -0.25) is 9.59 Å². The molecule has 4 nitrogen and oxygen atoms in total. The molecule has 0 atom stereocenters. The van der Waals surface area contributed by atoms with Crippen molar-refractivity contribution in [3.05, 3.63) is 70.0 Å². The van der Waals surface area contributed by atoms with Crippen LogP contribution in [-0.4, -0.2) is 18.4 Å². The van der Waals surface area contributed by atoms with Gasteiger partial charge in [0.05, 0.1) is 17.1 Å². The number of hydrogen-bond acceptors (Lipinski definition) is 2. The van der Waals surface area contributed by atoms with E-state index in [1.165, 1.54) is 12.1 Å². The van der Waals surface area contributed by atoms with Gasteiger partial charge in [-0.25, -0.2) is 4.39 Å². The Labute approximate surface area is 138 Å². The van der Waals surface area contributed by atoms with E-state index in [0.29, 0.717) is 6.54 Å². The van der Waals surface area contributed by atoms with E-state index < -0.39 is 11.7 Å². The van der Waals surface area contributed by atoms with E-state index in [1.54, 1.807) is 0 Å². The van der Waals surface area contributed by atoms with Gasteiger partial charge in [-0.2, -0.15) is 0 Å². The molecule has 0 aliphatic carbocycles. The summed E-state index contributed by atoms with van der Waals surface area (Å²) in [6.45, 7) is 2.08. The average Bonchev–Trinajstić information content (AvgIpc) is 2.52. The van der Waals surface area contributed by atoms with Crippen LogP contribution in [0, 0.1) is 12.7 Å². The van der Waals surface area contributed by atoms with Crippen LogP contribution < -0.4 is 10.6 Å². The molecule has 2 N–H and O–H groups in total. The van der Waals surface area contributed by atoms with Gasteiger partial charge >= 0.3 is 0 Å². The van der Waals surface area contributed by atoms with Crippen LogP contribution in [0.2, 0.25) is 5.02 Å². The Morgan fingerprint density at radius 2 is 1.78 bits per heavy atom. The van der Waals surface area contributed by atoms with Crippen molar-refractivity contribution in [3.8, 4) is 0 Å². The second-order valence-corrected chi connectivity index (χ2v) is 5.45. The number of nitrogens with one attached hydrogen (secondary N) is 2. The Hall–Kier alpha value is -2.40. The summed E-state index contributed by atoms with van der Waals surface area (Å²) in [4.78, 5) is 23.6. The second-order valence-electron chi connectivity index (χ2n) is 5.04. The number of benzene rings is 2. The van der Waals surface area contributed by atoms with Crippen LogP contribution in [0.5, 0.6) is 0 Å². The molecule has 2 rings (SSSR count). The summed E-state index contributed by atoms with van der Waals surface area (Å²) in [5, 5.41) is 5.03. The molecule has 0 bridgehead atoms. The normalized spacial score (nSPS) is 10.2. The lowest BCUT2D eigenvalue weighted by Crippen LogP contribution is -2.37. The van der Waals surface area contributed by atoms with E-state index in [0.717, 1.165) is 17.2 Å².